The Kier molecular flexibility index (Phi) is 40.5. The Hall–Kier alpha value is -4.21. The summed E-state index contributed by atoms with van der Waals surface area (Å²) in [6.45, 7) is 4.39. The van der Waals surface area contributed by atoms with Gasteiger partial charge in [0.05, 0.1) is 196 Å². The topological polar surface area (TPSA) is 382 Å². The predicted molar refractivity (Wildman–Crippen MR) is 278 cm³/mol. The van der Waals surface area contributed by atoms with Gasteiger partial charge in [-0.05, 0) is 6.42 Å². The van der Waals surface area contributed by atoms with Gasteiger partial charge in [-0.3, -0.25) is 19.4 Å². The number of anilines is 1. The van der Waals surface area contributed by atoms with Crippen LogP contribution in [0.25, 0.3) is 0 Å². The number of hydrogen-bond donors (Lipinski definition) is 9. The van der Waals surface area contributed by atoms with Gasteiger partial charge in [0, 0.05) is 32.5 Å². The molecule has 0 aromatic carbocycles. The van der Waals surface area contributed by atoms with Crippen LogP contribution in [0.3, 0.4) is 0 Å². The number of carboxylic acids is 1. The molecule has 0 bridgehead atoms. The minimum absolute atomic E-state index is 0.0144. The van der Waals surface area contributed by atoms with Crippen molar-refractivity contribution in [2.75, 3.05) is 203 Å². The van der Waals surface area contributed by atoms with Crippen LogP contribution in [0.4, 0.5) is 19.0 Å². The van der Waals surface area contributed by atoms with Gasteiger partial charge in [-0.2, -0.15) is 13.2 Å². The van der Waals surface area contributed by atoms with Crippen molar-refractivity contribution in [2.45, 2.75) is 74.1 Å². The predicted octanol–water partition coefficient (Wildman–Crippen LogP) is -3.30. The molecule has 83 heavy (non-hydrogen) atoms. The quantitative estimate of drug-likeness (QED) is 0.0289. The third-order valence-corrected chi connectivity index (χ3v) is 11.5. The molecule has 2 unspecified atom stereocenters. The van der Waals surface area contributed by atoms with Crippen LogP contribution in [0.15, 0.2) is 12.4 Å². The molecule has 0 saturated carbocycles. The largest absolute Gasteiger partial charge is 0.480 e. The third kappa shape index (κ3) is 36.4. The summed E-state index contributed by atoms with van der Waals surface area (Å²) in [5.41, 5.74) is -1.21. The number of carbonyl (C=O) groups is 4. The van der Waals surface area contributed by atoms with Crippen molar-refractivity contribution in [2.24, 2.45) is 0 Å². The molecule has 480 valence electrons. The zero-order valence-corrected chi connectivity index (χ0v) is 46.6. The SMILES string of the molecule is O=C(O)COCCOCCOCC(=O)NC(COCCC(=O)NCCOCCOCCOCCOCC1OCC[C@@H](O)[C@H]1O)COCCC(=O)NCCOCCOCCOCCOC[C@H]1OC[C@H](Nc2cncc(C(F)(F)F)n2)[C@@H](O)[C@H]1O. The molecule has 9 N–H and O–H groups in total. The van der Waals surface area contributed by atoms with Crippen LogP contribution in [-0.2, 0) is 96.4 Å². The average molecular weight is 1210 g/mol. The molecule has 3 amide bonds. The molecule has 2 fully saturated rings. The number of carboxylic acid groups (broad SMARTS) is 1. The van der Waals surface area contributed by atoms with Gasteiger partial charge in [0.2, 0.25) is 17.7 Å². The van der Waals surface area contributed by atoms with Crippen LogP contribution >= 0.6 is 0 Å². The van der Waals surface area contributed by atoms with Crippen LogP contribution in [0, 0.1) is 0 Å². The summed E-state index contributed by atoms with van der Waals surface area (Å²) >= 11 is 0. The number of carbonyl (C=O) groups excluding carboxylic acids is 3. The number of rotatable bonds is 51. The molecule has 1 aromatic rings. The Balaban J connectivity index is 1.16. The van der Waals surface area contributed by atoms with E-state index < -0.39 is 79.1 Å². The third-order valence-electron chi connectivity index (χ3n) is 11.5. The van der Waals surface area contributed by atoms with E-state index in [4.69, 9.17) is 76.2 Å². The molecule has 0 spiro atoms. The Bertz CT molecular complexity index is 1860. The van der Waals surface area contributed by atoms with Gasteiger partial charge >= 0.3 is 12.1 Å². The number of aromatic nitrogens is 2. The number of nitrogens with one attached hydrogen (secondary N) is 4. The van der Waals surface area contributed by atoms with E-state index >= 15 is 0 Å². The minimum Gasteiger partial charge on any atom is -0.480 e. The second-order valence-electron chi connectivity index (χ2n) is 18.2. The highest BCUT2D eigenvalue weighted by Gasteiger charge is 2.39. The lowest BCUT2D eigenvalue weighted by Crippen LogP contribution is -2.57. The summed E-state index contributed by atoms with van der Waals surface area (Å²) in [5.74, 6) is -2.37. The first-order valence-electron chi connectivity index (χ1n) is 27.3. The second-order valence-corrected chi connectivity index (χ2v) is 18.2. The number of aliphatic hydroxyl groups excluding tert-OH is 4. The highest BCUT2D eigenvalue weighted by atomic mass is 19.4. The first kappa shape index (κ1) is 73.0. The van der Waals surface area contributed by atoms with Gasteiger partial charge < -0.3 is 118 Å². The molecule has 8 atom stereocenters. The van der Waals surface area contributed by atoms with E-state index in [0.29, 0.717) is 58.9 Å². The Morgan fingerprint density at radius 2 is 1.01 bits per heavy atom. The molecule has 3 rings (SSSR count). The molecular weight excluding hydrogens is 1130 g/mol. The number of alkyl halides is 3. The number of aliphatic carboxylic acids is 1. The average Bonchev–Trinajstić information content (AvgIpc) is 3.46. The molecule has 2 aliphatic heterocycles. The Morgan fingerprint density at radius 1 is 0.554 bits per heavy atom. The standard InChI is InChI=1S/C50H85F3N6O24/c51-50(52,53)41-27-54-28-42(59-41)58-37-31-83-40(49(68)47(37)66)33-79-24-20-74-18-16-72-14-12-70-10-5-56-44(62)3-7-77-30-36(57-45(63)34-80-25-21-75-22-26-81-35-46(64)65)29-76-6-2-43(61)55-4-9-69-11-13-71-15-17-73-19-23-78-32-39-48(67)38(60)1-8-82-39/h27-28,36-40,47-49,60,66-68H,1-26,29-35H2,(H,55,61)(H,56,62)(H,57,63)(H,58,59)(H,64,65)/t36?,37-,38+,39?,40+,47+,48+,49-/m0/s1. The number of amides is 3. The summed E-state index contributed by atoms with van der Waals surface area (Å²) in [4.78, 5) is 54.9. The van der Waals surface area contributed by atoms with Crippen molar-refractivity contribution in [1.82, 2.24) is 25.9 Å². The first-order valence-corrected chi connectivity index (χ1v) is 27.3. The number of aliphatic hydroxyl groups is 4. The van der Waals surface area contributed by atoms with E-state index in [1.807, 2.05) is 0 Å². The normalized spacial score (nSPS) is 20.4. The van der Waals surface area contributed by atoms with Gasteiger partial charge in [-0.25, -0.2) is 9.78 Å². The molecule has 2 aliphatic rings. The highest BCUT2D eigenvalue weighted by Crippen LogP contribution is 2.28. The van der Waals surface area contributed by atoms with E-state index in [9.17, 15) is 52.8 Å². The van der Waals surface area contributed by atoms with Crippen molar-refractivity contribution < 1.29 is 129 Å². The van der Waals surface area contributed by atoms with Crippen molar-refractivity contribution >= 4 is 29.5 Å². The second kappa shape index (κ2) is 46.1. The maximum Gasteiger partial charge on any atom is 0.434 e. The smallest absolute Gasteiger partial charge is 0.434 e. The summed E-state index contributed by atoms with van der Waals surface area (Å²) in [7, 11) is 0. The zero-order chi connectivity index (χ0) is 60.2. The van der Waals surface area contributed by atoms with Crippen molar-refractivity contribution in [3.8, 4) is 0 Å². The number of halogens is 3. The van der Waals surface area contributed by atoms with Gasteiger partial charge in [0.1, 0.15) is 49.6 Å². The lowest BCUT2D eigenvalue weighted by Gasteiger charge is -2.38. The fourth-order valence-electron chi connectivity index (χ4n) is 7.19. The molecule has 3 heterocycles. The molecule has 2 saturated heterocycles. The zero-order valence-electron chi connectivity index (χ0n) is 46.6. The summed E-state index contributed by atoms with van der Waals surface area (Å²) in [5, 5.41) is 60.0. The summed E-state index contributed by atoms with van der Waals surface area (Å²) < 4.78 is 120. The van der Waals surface area contributed by atoms with Crippen molar-refractivity contribution in [1.29, 1.82) is 0 Å². The molecular formula is C50H85F3N6O24. The molecule has 33 heteroatoms. The maximum absolute atomic E-state index is 13.0. The van der Waals surface area contributed by atoms with Gasteiger partial charge in [-0.15, -0.1) is 0 Å². The lowest BCUT2D eigenvalue weighted by molar-refractivity contribution is -0.161. The summed E-state index contributed by atoms with van der Waals surface area (Å²) in [6, 6.07) is -1.60. The lowest BCUT2D eigenvalue weighted by atomic mass is 9.98. The highest BCUT2D eigenvalue weighted by molar-refractivity contribution is 5.77. The first-order chi connectivity index (χ1) is 40.1. The van der Waals surface area contributed by atoms with E-state index in [1.165, 1.54) is 0 Å². The van der Waals surface area contributed by atoms with Crippen LogP contribution < -0.4 is 21.3 Å². The van der Waals surface area contributed by atoms with Crippen LogP contribution in [0.2, 0.25) is 0 Å². The fraction of sp³-hybridized carbons (Fsp3) is 0.840. The monoisotopic (exact) mass is 1210 g/mol. The Labute approximate surface area is 479 Å². The van der Waals surface area contributed by atoms with Crippen molar-refractivity contribution in [3.05, 3.63) is 18.1 Å². The maximum atomic E-state index is 13.0. The van der Waals surface area contributed by atoms with Gasteiger partial charge in [0.15, 0.2) is 5.69 Å². The number of hydrogen-bond acceptors (Lipinski definition) is 26. The molecule has 30 nitrogen and oxygen atoms in total. The van der Waals surface area contributed by atoms with Crippen LogP contribution in [-0.4, -0.2) is 306 Å². The number of nitrogens with zero attached hydrogens (tertiary/aromatic N) is 2. The molecule has 0 radical (unpaired) electrons. The van der Waals surface area contributed by atoms with Gasteiger partial charge in [0.25, 0.3) is 0 Å². The minimum atomic E-state index is -4.70. The molecule has 1 aromatic heterocycles. The van der Waals surface area contributed by atoms with Crippen molar-refractivity contribution in [3.63, 3.8) is 0 Å². The summed E-state index contributed by atoms with van der Waals surface area (Å²) in [6.07, 6.45) is -8.64. The number of ether oxygens (including phenoxy) is 15. The Morgan fingerprint density at radius 3 is 1.51 bits per heavy atom. The van der Waals surface area contributed by atoms with Crippen LogP contribution in [0.1, 0.15) is 25.0 Å². The van der Waals surface area contributed by atoms with Gasteiger partial charge in [-0.1, -0.05) is 0 Å². The van der Waals surface area contributed by atoms with E-state index in [0.717, 1.165) is 6.20 Å². The van der Waals surface area contributed by atoms with Crippen LogP contribution in [0.5, 0.6) is 0 Å². The van der Waals surface area contributed by atoms with E-state index in [-0.39, 0.29) is 176 Å². The fourth-order valence-corrected chi connectivity index (χ4v) is 7.19. The van der Waals surface area contributed by atoms with E-state index in [1.54, 1.807) is 0 Å². The van der Waals surface area contributed by atoms with E-state index in [2.05, 4.69) is 31.2 Å². The molecule has 0 aliphatic carbocycles.